The molecule has 23 heteroatoms. The van der Waals surface area contributed by atoms with Gasteiger partial charge in [0.1, 0.15) is 22.6 Å². The zero-order valence-corrected chi connectivity index (χ0v) is 71.5. The maximum atomic E-state index is 9.94. The van der Waals surface area contributed by atoms with E-state index in [1.165, 1.54) is 104 Å². The molecule has 8 aromatic heterocycles. The maximum Gasteiger partial charge on any atom is 0.224 e. The summed E-state index contributed by atoms with van der Waals surface area (Å²) in [5.41, 5.74) is 16.5. The average molecular weight is 1660 g/mol. The number of rotatable bonds is 20. The molecule has 8 heterocycles. The molecular formula is C87H131Br2ClN16O4. The Balaban J connectivity index is 0.000000149. The minimum Gasteiger partial charge on any atom is -0.393 e. The van der Waals surface area contributed by atoms with Gasteiger partial charge in [0, 0.05) is 129 Å². The van der Waals surface area contributed by atoms with Crippen molar-refractivity contribution >= 4 is 117 Å². The molecule has 20 nitrogen and oxygen atoms in total. The van der Waals surface area contributed by atoms with Crippen LogP contribution in [-0.2, 0) is 0 Å². The number of anilines is 3. The van der Waals surface area contributed by atoms with Gasteiger partial charge in [0.2, 0.25) is 23.1 Å². The van der Waals surface area contributed by atoms with Gasteiger partial charge in [-0.25, -0.2) is 19.9 Å². The van der Waals surface area contributed by atoms with Crippen LogP contribution < -0.4 is 21.7 Å². The molecule has 0 radical (unpaired) electrons. The first-order valence-electron chi connectivity index (χ1n) is 42.5. The summed E-state index contributed by atoms with van der Waals surface area (Å²) in [4.78, 5) is 36.8. The molecule has 110 heavy (non-hydrogen) atoms. The van der Waals surface area contributed by atoms with E-state index in [9.17, 15) is 20.4 Å². The second-order valence-electron chi connectivity index (χ2n) is 32.7. The number of aliphatic hydroxyl groups is 4. The average Bonchev–Trinajstić information content (AvgIpc) is 1.44. The number of aromatic nitrogens is 12. The summed E-state index contributed by atoms with van der Waals surface area (Å²) < 4.78 is 11.2. The van der Waals surface area contributed by atoms with Gasteiger partial charge in [0.25, 0.3) is 0 Å². The van der Waals surface area contributed by atoms with E-state index in [0.29, 0.717) is 54.3 Å². The molecule has 0 saturated heterocycles. The molecule has 4 fully saturated rings. The number of hydrogen-bond acceptors (Lipinski definition) is 16. The summed E-state index contributed by atoms with van der Waals surface area (Å²) in [7, 11) is 0. The Bertz CT molecular complexity index is 4090. The topological polar surface area (TPSA) is 266 Å². The third kappa shape index (κ3) is 24.6. The number of fused-ring (bicyclic) bond motifs is 4. The van der Waals surface area contributed by atoms with Crippen molar-refractivity contribution in [2.75, 3.05) is 16.0 Å². The fourth-order valence-corrected chi connectivity index (χ4v) is 18.1. The van der Waals surface area contributed by atoms with Crippen LogP contribution in [-0.4, -0.2) is 127 Å². The molecular weight excluding hydrogens is 1530 g/mol. The second-order valence-corrected chi connectivity index (χ2v) is 34.7. The Morgan fingerprint density at radius 2 is 0.727 bits per heavy atom. The predicted molar refractivity (Wildman–Crippen MR) is 462 cm³/mol. The Labute approximate surface area is 677 Å². The van der Waals surface area contributed by atoms with Crippen molar-refractivity contribution in [1.82, 2.24) is 58.1 Å². The Hall–Kier alpha value is -5.85. The standard InChI is InChI=1S/2C23H34N4O.C17H25BrN4O.C12H13BrClN3O.C7H12.C5H13N/c2*1-3-7-16(2)25-23-24-14-20-21(17-8-5-4-6-9-17)15-27(22(20)26-23)18-10-12-19(28)13-11-18;1-3-4-11(2)20-17-19-9-14-15(18)10-22(16(14)21-17)12-5-7-13(23)8-6-12;13-10-6-17(7-1-3-8(18)4-2-7)11-9(10)5-15-12(14)16-11;1-7-5-3-2-4-6-7;1-3-4-5(2)6/h2*8,14-16,18-19,28H,3-7,9-13H2,1-2H3,(H,24,25,26);9-13,23H,3-8H2,1-2H3,(H,19,20,21);5-8,18H,1-4H2;5H,2-4,6H2,1H3;5H,3-4,6H2,1-2H3/t2*16-,18?,19?;11-,12?,13?;;;5-/m000..0/s1. The SMILES string of the molecule is CC1=CCCCC1.CCC[C@H](C)N.CCC[C@H](C)Nc1ncc2c(Br)cn(C3CCC(O)CC3)c2n1.CCC[C@H](C)Nc1ncc2c(C3=CCCCC3)cn(C3CCC(O)CC3)c2n1.CCC[C@H](C)Nc1ncc2c(C3=CCCCC3)cn(C3CCC(O)CC3)c2n1.OC1CCC(n2cc(Br)c3cnc(Cl)nc32)CC1. The van der Waals surface area contributed by atoms with E-state index in [1.807, 2.05) is 31.7 Å². The summed E-state index contributed by atoms with van der Waals surface area (Å²) in [6.07, 6.45) is 62.4. The van der Waals surface area contributed by atoms with E-state index >= 15 is 0 Å². The lowest BCUT2D eigenvalue weighted by atomic mass is 9.93. The smallest absolute Gasteiger partial charge is 0.224 e. The fraction of sp³-hybridized carbons (Fsp3) is 0.655. The van der Waals surface area contributed by atoms with Gasteiger partial charge in [-0.05, 0) is 295 Å². The fourth-order valence-electron chi connectivity index (χ4n) is 17.0. The first-order valence-corrected chi connectivity index (χ1v) is 44.5. The summed E-state index contributed by atoms with van der Waals surface area (Å²) in [6.45, 7) is 19.5. The van der Waals surface area contributed by atoms with Crippen molar-refractivity contribution in [2.24, 2.45) is 5.73 Å². The van der Waals surface area contributed by atoms with E-state index in [-0.39, 0.29) is 29.7 Å². The van der Waals surface area contributed by atoms with E-state index in [4.69, 9.17) is 32.3 Å². The molecule has 4 atom stereocenters. The van der Waals surface area contributed by atoms with Crippen molar-refractivity contribution in [3.05, 3.63) is 98.7 Å². The number of aliphatic hydroxyl groups excluding tert-OH is 4. The van der Waals surface area contributed by atoms with Gasteiger partial charge in [-0.15, -0.1) is 0 Å². The van der Waals surface area contributed by atoms with Crippen LogP contribution in [0.2, 0.25) is 5.28 Å². The Kier molecular flexibility index (Phi) is 34.3. The molecule has 0 spiro atoms. The van der Waals surface area contributed by atoms with E-state index in [1.54, 1.807) is 11.8 Å². The van der Waals surface area contributed by atoms with Gasteiger partial charge in [-0.2, -0.15) is 19.9 Å². The van der Waals surface area contributed by atoms with Crippen LogP contribution >= 0.6 is 43.5 Å². The molecule has 9 N–H and O–H groups in total. The van der Waals surface area contributed by atoms with Crippen LogP contribution in [0.3, 0.4) is 0 Å². The second kappa shape index (κ2) is 43.6. The molecule has 4 saturated carbocycles. The summed E-state index contributed by atoms with van der Waals surface area (Å²) in [6, 6.07) is 3.13. The quantitative estimate of drug-likeness (QED) is 0.0260. The zero-order valence-electron chi connectivity index (χ0n) is 67.6. The number of halogens is 3. The number of allylic oxidation sites excluding steroid dienone is 6. The molecule has 8 aromatic rings. The van der Waals surface area contributed by atoms with Crippen LogP contribution in [0.5, 0.6) is 0 Å². The number of nitrogens with zero attached hydrogens (tertiary/aromatic N) is 12. The molecule has 15 rings (SSSR count). The maximum absolute atomic E-state index is 9.94. The summed E-state index contributed by atoms with van der Waals surface area (Å²) >= 11 is 13.0. The van der Waals surface area contributed by atoms with E-state index < -0.39 is 0 Å². The highest BCUT2D eigenvalue weighted by atomic mass is 79.9. The number of hydrogen-bond donors (Lipinski definition) is 8. The van der Waals surface area contributed by atoms with Crippen molar-refractivity contribution in [1.29, 1.82) is 0 Å². The van der Waals surface area contributed by atoms with Crippen LogP contribution in [0.1, 0.15) is 329 Å². The number of nitrogens with two attached hydrogens (primary N) is 1. The lowest BCUT2D eigenvalue weighted by Gasteiger charge is -2.27. The molecule has 7 aliphatic rings. The third-order valence-corrected chi connectivity index (χ3v) is 24.7. The predicted octanol–water partition coefficient (Wildman–Crippen LogP) is 22.2. The number of nitrogens with one attached hydrogen (secondary N) is 3. The monoisotopic (exact) mass is 1660 g/mol. The largest absolute Gasteiger partial charge is 0.393 e. The molecule has 0 aliphatic heterocycles. The van der Waals surface area contributed by atoms with Crippen molar-refractivity contribution in [2.45, 2.75) is 366 Å². The lowest BCUT2D eigenvalue weighted by molar-refractivity contribution is 0.111. The molecule has 0 unspecified atom stereocenters. The first-order chi connectivity index (χ1) is 53.2. The van der Waals surface area contributed by atoms with Crippen molar-refractivity contribution in [3.63, 3.8) is 0 Å². The molecule has 0 aromatic carbocycles. The van der Waals surface area contributed by atoms with Gasteiger partial charge in [0.15, 0.2) is 0 Å². The van der Waals surface area contributed by atoms with Gasteiger partial charge >= 0.3 is 0 Å². The van der Waals surface area contributed by atoms with Crippen molar-refractivity contribution < 1.29 is 20.4 Å². The molecule has 7 aliphatic carbocycles. The normalized spacial score (nSPS) is 23.3. The summed E-state index contributed by atoms with van der Waals surface area (Å²) in [5, 5.41) is 54.1. The molecule has 0 bridgehead atoms. The van der Waals surface area contributed by atoms with Gasteiger partial charge in [0.05, 0.1) is 35.2 Å². The molecule has 0 amide bonds. The Morgan fingerprint density at radius 1 is 0.418 bits per heavy atom. The minimum atomic E-state index is -0.148. The Morgan fingerprint density at radius 3 is 1.02 bits per heavy atom. The van der Waals surface area contributed by atoms with Gasteiger partial charge < -0.3 is 60.4 Å². The zero-order chi connectivity index (χ0) is 78.2. The highest BCUT2D eigenvalue weighted by Gasteiger charge is 2.30. The van der Waals surface area contributed by atoms with Crippen LogP contribution in [0.15, 0.2) is 82.3 Å². The highest BCUT2D eigenvalue weighted by Crippen LogP contribution is 2.42. The highest BCUT2D eigenvalue weighted by molar-refractivity contribution is 9.11. The van der Waals surface area contributed by atoms with Crippen LogP contribution in [0.25, 0.3) is 55.3 Å². The summed E-state index contributed by atoms with van der Waals surface area (Å²) in [5.74, 6) is 2.15. The molecule has 604 valence electrons. The van der Waals surface area contributed by atoms with Gasteiger partial charge in [-0.3, -0.25) is 0 Å². The third-order valence-electron chi connectivity index (χ3n) is 23.2. The lowest BCUT2D eigenvalue weighted by Crippen LogP contribution is -2.21. The minimum absolute atomic E-state index is 0.139. The van der Waals surface area contributed by atoms with Crippen LogP contribution in [0.4, 0.5) is 17.8 Å². The van der Waals surface area contributed by atoms with Crippen LogP contribution in [0, 0.1) is 0 Å². The van der Waals surface area contributed by atoms with E-state index in [0.717, 1.165) is 215 Å². The van der Waals surface area contributed by atoms with E-state index in [2.05, 4.69) is 183 Å². The van der Waals surface area contributed by atoms with Gasteiger partial charge in [-0.1, -0.05) is 77.2 Å². The van der Waals surface area contributed by atoms with Crippen molar-refractivity contribution in [3.8, 4) is 0 Å². The first kappa shape index (κ1) is 86.6.